The molecule has 0 fully saturated rings. The molecular formula is C6H10ClNO4. The second-order valence-corrected chi connectivity index (χ2v) is 2.42. The van der Waals surface area contributed by atoms with Crippen LogP contribution in [-0.4, -0.2) is 41.2 Å². The zero-order valence-corrected chi connectivity index (χ0v) is 7.54. The lowest BCUT2D eigenvalue weighted by molar-refractivity contribution is -0.150. The number of carbonyl (C=O) groups excluding carboxylic acids is 2. The number of aliphatic hydroxyl groups is 1. The van der Waals surface area contributed by atoms with Crippen molar-refractivity contribution in [1.82, 2.24) is 4.42 Å². The van der Waals surface area contributed by atoms with Crippen LogP contribution < -0.4 is 0 Å². The second-order valence-electron chi connectivity index (χ2n) is 2.05. The van der Waals surface area contributed by atoms with Gasteiger partial charge in [-0.3, -0.25) is 4.79 Å². The highest BCUT2D eigenvalue weighted by Gasteiger charge is 2.26. The van der Waals surface area contributed by atoms with Gasteiger partial charge in [0.15, 0.2) is 6.04 Å². The van der Waals surface area contributed by atoms with Gasteiger partial charge in [-0.1, -0.05) is 0 Å². The van der Waals surface area contributed by atoms with E-state index in [2.05, 4.69) is 4.74 Å². The summed E-state index contributed by atoms with van der Waals surface area (Å²) in [6.07, 6.45) is 0. The van der Waals surface area contributed by atoms with E-state index in [0.717, 1.165) is 7.11 Å². The van der Waals surface area contributed by atoms with Crippen molar-refractivity contribution in [3.8, 4) is 0 Å². The number of ether oxygens (including phenoxy) is 1. The third-order valence-corrected chi connectivity index (χ3v) is 1.69. The molecule has 0 spiro atoms. The lowest BCUT2D eigenvalue weighted by Crippen LogP contribution is -2.41. The molecule has 0 aromatic heterocycles. The largest absolute Gasteiger partial charge is 0.467 e. The topological polar surface area (TPSA) is 66.8 Å². The van der Waals surface area contributed by atoms with E-state index in [4.69, 9.17) is 16.9 Å². The first-order valence-corrected chi connectivity index (χ1v) is 3.52. The third kappa shape index (κ3) is 2.67. The van der Waals surface area contributed by atoms with Crippen LogP contribution in [0.15, 0.2) is 0 Å². The van der Waals surface area contributed by atoms with Crippen LogP contribution in [0.5, 0.6) is 0 Å². The molecule has 0 aromatic carbocycles. The summed E-state index contributed by atoms with van der Waals surface area (Å²) in [6.45, 7) is 0.619. The van der Waals surface area contributed by atoms with Crippen LogP contribution in [0.25, 0.3) is 0 Å². The first-order valence-electron chi connectivity index (χ1n) is 3.18. The molecule has 6 heteroatoms. The van der Waals surface area contributed by atoms with E-state index in [1.54, 1.807) is 0 Å². The predicted octanol–water partition coefficient (Wildman–Crippen LogP) is -0.477. The number of hydrogen-bond donors (Lipinski definition) is 1. The van der Waals surface area contributed by atoms with E-state index in [9.17, 15) is 9.59 Å². The highest BCUT2D eigenvalue weighted by molar-refractivity contribution is 6.22. The standard InChI is InChI=1S/C6H10ClNO4/c1-4(10)8(7)5(3-9)6(11)12-2/h5,9H,3H2,1-2H3. The van der Waals surface area contributed by atoms with Crippen molar-refractivity contribution in [2.75, 3.05) is 13.7 Å². The quantitative estimate of drug-likeness (QED) is 0.488. The summed E-state index contributed by atoms with van der Waals surface area (Å²) in [7, 11) is 1.15. The Labute approximate surface area is 75.0 Å². The molecule has 0 aliphatic carbocycles. The molecule has 0 aliphatic heterocycles. The molecule has 1 N–H and O–H groups in total. The van der Waals surface area contributed by atoms with Crippen molar-refractivity contribution in [3.63, 3.8) is 0 Å². The Hall–Kier alpha value is -0.810. The summed E-state index contributed by atoms with van der Waals surface area (Å²) in [5.41, 5.74) is 0. The second kappa shape index (κ2) is 4.95. The van der Waals surface area contributed by atoms with Crippen LogP contribution >= 0.6 is 11.8 Å². The monoisotopic (exact) mass is 195 g/mol. The van der Waals surface area contributed by atoms with Gasteiger partial charge < -0.3 is 9.84 Å². The van der Waals surface area contributed by atoms with Gasteiger partial charge in [0, 0.05) is 18.7 Å². The van der Waals surface area contributed by atoms with E-state index in [-0.39, 0.29) is 0 Å². The number of esters is 1. The first kappa shape index (κ1) is 11.2. The molecule has 0 heterocycles. The Kier molecular flexibility index (Phi) is 4.61. The number of amides is 1. The van der Waals surface area contributed by atoms with Gasteiger partial charge in [0.25, 0.3) is 0 Å². The van der Waals surface area contributed by atoms with Gasteiger partial charge >= 0.3 is 5.97 Å². The number of rotatable bonds is 3. The minimum Gasteiger partial charge on any atom is -0.467 e. The van der Waals surface area contributed by atoms with E-state index in [1.807, 2.05) is 0 Å². The van der Waals surface area contributed by atoms with Gasteiger partial charge in [0.2, 0.25) is 5.91 Å². The maximum Gasteiger partial charge on any atom is 0.332 e. The molecule has 0 aromatic rings. The number of carbonyl (C=O) groups is 2. The Morgan fingerprint density at radius 1 is 1.67 bits per heavy atom. The van der Waals surface area contributed by atoms with Crippen molar-refractivity contribution in [2.45, 2.75) is 13.0 Å². The Balaban J connectivity index is 4.33. The highest BCUT2D eigenvalue weighted by atomic mass is 35.5. The van der Waals surface area contributed by atoms with Crippen molar-refractivity contribution in [3.05, 3.63) is 0 Å². The highest BCUT2D eigenvalue weighted by Crippen LogP contribution is 2.05. The van der Waals surface area contributed by atoms with E-state index < -0.39 is 24.5 Å². The molecule has 0 radical (unpaired) electrons. The fraction of sp³-hybridized carbons (Fsp3) is 0.667. The summed E-state index contributed by atoms with van der Waals surface area (Å²) in [5.74, 6) is -1.27. The molecule has 0 bridgehead atoms. The van der Waals surface area contributed by atoms with E-state index in [0.29, 0.717) is 4.42 Å². The Morgan fingerprint density at radius 2 is 2.17 bits per heavy atom. The van der Waals surface area contributed by atoms with Crippen LogP contribution in [0.1, 0.15) is 6.92 Å². The molecule has 12 heavy (non-hydrogen) atoms. The minimum atomic E-state index is -1.13. The average Bonchev–Trinajstić information content (AvgIpc) is 2.05. The minimum absolute atomic E-state index is 0.527. The molecular weight excluding hydrogens is 186 g/mol. The molecule has 0 aliphatic rings. The zero-order valence-electron chi connectivity index (χ0n) is 6.78. The average molecular weight is 196 g/mol. The fourth-order valence-corrected chi connectivity index (χ4v) is 0.736. The van der Waals surface area contributed by atoms with Crippen molar-refractivity contribution >= 4 is 23.7 Å². The molecule has 0 rings (SSSR count). The predicted molar refractivity (Wildman–Crippen MR) is 41.3 cm³/mol. The number of hydrogen-bond acceptors (Lipinski definition) is 4. The van der Waals surface area contributed by atoms with Gasteiger partial charge in [-0.25, -0.2) is 9.21 Å². The van der Waals surface area contributed by atoms with Gasteiger partial charge in [0.1, 0.15) is 0 Å². The van der Waals surface area contributed by atoms with Crippen molar-refractivity contribution < 1.29 is 19.4 Å². The normalized spacial score (nSPS) is 12.0. The molecule has 1 atom stereocenters. The third-order valence-electron chi connectivity index (χ3n) is 1.22. The van der Waals surface area contributed by atoms with Crippen LogP contribution in [0, 0.1) is 0 Å². The van der Waals surface area contributed by atoms with Gasteiger partial charge in [-0.2, -0.15) is 0 Å². The van der Waals surface area contributed by atoms with Gasteiger partial charge in [-0.15, -0.1) is 0 Å². The summed E-state index contributed by atoms with van der Waals surface area (Å²) in [4.78, 5) is 21.5. The molecule has 1 unspecified atom stereocenters. The lowest BCUT2D eigenvalue weighted by Gasteiger charge is -2.19. The van der Waals surface area contributed by atoms with Gasteiger partial charge in [0.05, 0.1) is 13.7 Å². The van der Waals surface area contributed by atoms with E-state index in [1.165, 1.54) is 6.92 Å². The zero-order chi connectivity index (χ0) is 9.72. The fourth-order valence-electron chi connectivity index (χ4n) is 0.594. The van der Waals surface area contributed by atoms with Crippen LogP contribution in [0.4, 0.5) is 0 Å². The molecule has 5 nitrogen and oxygen atoms in total. The van der Waals surface area contributed by atoms with Crippen LogP contribution in [-0.2, 0) is 14.3 Å². The van der Waals surface area contributed by atoms with Crippen LogP contribution in [0.3, 0.4) is 0 Å². The summed E-state index contributed by atoms with van der Waals surface area (Å²) in [6, 6.07) is -1.13. The number of methoxy groups -OCH3 is 1. The van der Waals surface area contributed by atoms with Crippen LogP contribution in [0.2, 0.25) is 0 Å². The Morgan fingerprint density at radius 3 is 2.42 bits per heavy atom. The van der Waals surface area contributed by atoms with E-state index >= 15 is 0 Å². The summed E-state index contributed by atoms with van der Waals surface area (Å²) >= 11 is 5.38. The molecule has 0 saturated heterocycles. The molecule has 0 saturated carbocycles. The van der Waals surface area contributed by atoms with Crippen molar-refractivity contribution in [2.24, 2.45) is 0 Å². The lowest BCUT2D eigenvalue weighted by atomic mass is 10.3. The van der Waals surface area contributed by atoms with Crippen molar-refractivity contribution in [1.29, 1.82) is 0 Å². The maximum absolute atomic E-state index is 10.8. The number of halogens is 1. The number of nitrogens with zero attached hydrogens (tertiary/aromatic N) is 1. The Bertz CT molecular complexity index is 184. The smallest absolute Gasteiger partial charge is 0.332 e. The maximum atomic E-state index is 10.8. The first-order chi connectivity index (χ1) is 5.54. The summed E-state index contributed by atoms with van der Waals surface area (Å²) < 4.78 is 4.90. The summed E-state index contributed by atoms with van der Waals surface area (Å²) in [5, 5.41) is 8.67. The van der Waals surface area contributed by atoms with Gasteiger partial charge in [-0.05, 0) is 0 Å². The SMILES string of the molecule is COC(=O)C(CO)N(Cl)C(C)=O. The molecule has 70 valence electrons. The number of aliphatic hydroxyl groups excluding tert-OH is 1. The molecule has 1 amide bonds.